The predicted octanol–water partition coefficient (Wildman–Crippen LogP) is 2.38. The Morgan fingerprint density at radius 1 is 1.44 bits per heavy atom. The van der Waals surface area contributed by atoms with Crippen LogP contribution in [0.15, 0.2) is 18.2 Å². The van der Waals surface area contributed by atoms with Crippen LogP contribution in [0.25, 0.3) is 0 Å². The predicted molar refractivity (Wildman–Crippen MR) is 63.8 cm³/mol. The summed E-state index contributed by atoms with van der Waals surface area (Å²) in [7, 11) is 0. The number of aliphatic hydroxyl groups excluding tert-OH is 1. The second-order valence-corrected chi connectivity index (χ2v) is 4.26. The number of hydrogen-bond acceptors (Lipinski definition) is 2. The molecule has 0 aromatic heterocycles. The van der Waals surface area contributed by atoms with Gasteiger partial charge in [0.1, 0.15) is 5.82 Å². The zero-order valence-corrected chi connectivity index (χ0v) is 9.96. The molecule has 3 heteroatoms. The Hall–Kier alpha value is -0.930. The number of rotatable bonds is 6. The standard InChI is InChI=1S/C13H20FNO/c1-10-5-6-13(14)12(8-10)9-15-7-3-4-11(2)16/h5-6,8,11,15-16H,3-4,7,9H2,1-2H3. The van der Waals surface area contributed by atoms with E-state index < -0.39 is 0 Å². The van der Waals surface area contributed by atoms with Gasteiger partial charge in [0.25, 0.3) is 0 Å². The third-order valence-corrected chi connectivity index (χ3v) is 2.49. The Morgan fingerprint density at radius 2 is 2.19 bits per heavy atom. The fourth-order valence-corrected chi connectivity index (χ4v) is 1.58. The van der Waals surface area contributed by atoms with Crippen molar-refractivity contribution >= 4 is 0 Å². The Labute approximate surface area is 96.5 Å². The molecular weight excluding hydrogens is 205 g/mol. The molecule has 0 heterocycles. The molecule has 1 aromatic rings. The van der Waals surface area contributed by atoms with E-state index in [4.69, 9.17) is 5.11 Å². The van der Waals surface area contributed by atoms with Gasteiger partial charge >= 0.3 is 0 Å². The fourth-order valence-electron chi connectivity index (χ4n) is 1.58. The molecule has 1 rings (SSSR count). The van der Waals surface area contributed by atoms with Crippen molar-refractivity contribution in [3.05, 3.63) is 35.1 Å². The van der Waals surface area contributed by atoms with Crippen molar-refractivity contribution in [1.82, 2.24) is 5.32 Å². The third kappa shape index (κ3) is 4.73. The molecule has 0 radical (unpaired) electrons. The lowest BCUT2D eigenvalue weighted by atomic mass is 10.1. The van der Waals surface area contributed by atoms with Crippen molar-refractivity contribution in [2.75, 3.05) is 6.54 Å². The minimum Gasteiger partial charge on any atom is -0.393 e. The van der Waals surface area contributed by atoms with Gasteiger partial charge in [-0.15, -0.1) is 0 Å². The molecule has 0 fully saturated rings. The highest BCUT2D eigenvalue weighted by molar-refractivity contribution is 5.23. The summed E-state index contributed by atoms with van der Waals surface area (Å²) >= 11 is 0. The van der Waals surface area contributed by atoms with E-state index in [1.54, 1.807) is 13.0 Å². The SMILES string of the molecule is Cc1ccc(F)c(CNCCCC(C)O)c1. The summed E-state index contributed by atoms with van der Waals surface area (Å²) in [6.45, 7) is 5.09. The van der Waals surface area contributed by atoms with Gasteiger partial charge in [-0.05, 0) is 39.3 Å². The van der Waals surface area contributed by atoms with Gasteiger partial charge in [0, 0.05) is 12.1 Å². The van der Waals surface area contributed by atoms with Crippen LogP contribution in [-0.2, 0) is 6.54 Å². The van der Waals surface area contributed by atoms with Crippen molar-refractivity contribution in [2.45, 2.75) is 39.3 Å². The molecular formula is C13H20FNO. The molecule has 0 aliphatic rings. The van der Waals surface area contributed by atoms with Crippen LogP contribution >= 0.6 is 0 Å². The van der Waals surface area contributed by atoms with Gasteiger partial charge in [0.15, 0.2) is 0 Å². The summed E-state index contributed by atoms with van der Waals surface area (Å²) < 4.78 is 13.3. The molecule has 0 amide bonds. The van der Waals surface area contributed by atoms with E-state index >= 15 is 0 Å². The molecule has 90 valence electrons. The summed E-state index contributed by atoms with van der Waals surface area (Å²) in [5.41, 5.74) is 1.78. The second-order valence-electron chi connectivity index (χ2n) is 4.26. The number of hydrogen-bond donors (Lipinski definition) is 2. The number of aliphatic hydroxyl groups is 1. The minimum atomic E-state index is -0.252. The van der Waals surface area contributed by atoms with E-state index in [9.17, 15) is 4.39 Å². The first-order valence-electron chi connectivity index (χ1n) is 5.73. The molecule has 0 spiro atoms. The molecule has 0 aliphatic heterocycles. The highest BCUT2D eigenvalue weighted by Gasteiger charge is 2.01. The van der Waals surface area contributed by atoms with Gasteiger partial charge in [-0.3, -0.25) is 0 Å². The smallest absolute Gasteiger partial charge is 0.127 e. The summed E-state index contributed by atoms with van der Waals surface area (Å²) in [5, 5.41) is 12.2. The number of nitrogens with one attached hydrogen (secondary N) is 1. The highest BCUT2D eigenvalue weighted by Crippen LogP contribution is 2.09. The van der Waals surface area contributed by atoms with Crippen LogP contribution in [0.2, 0.25) is 0 Å². The van der Waals surface area contributed by atoms with E-state index in [0.717, 1.165) is 24.9 Å². The van der Waals surface area contributed by atoms with Crippen LogP contribution in [-0.4, -0.2) is 17.8 Å². The summed E-state index contributed by atoms with van der Waals surface area (Å²) in [6.07, 6.45) is 1.44. The summed E-state index contributed by atoms with van der Waals surface area (Å²) in [6, 6.07) is 5.13. The third-order valence-electron chi connectivity index (χ3n) is 2.49. The van der Waals surface area contributed by atoms with E-state index in [1.165, 1.54) is 6.07 Å². The lowest BCUT2D eigenvalue weighted by molar-refractivity contribution is 0.181. The van der Waals surface area contributed by atoms with Gasteiger partial charge in [-0.1, -0.05) is 17.7 Å². The molecule has 0 saturated heterocycles. The van der Waals surface area contributed by atoms with Crippen LogP contribution in [0.3, 0.4) is 0 Å². The van der Waals surface area contributed by atoms with Crippen molar-refractivity contribution < 1.29 is 9.50 Å². The van der Waals surface area contributed by atoms with Crippen LogP contribution in [0, 0.1) is 12.7 Å². The Morgan fingerprint density at radius 3 is 2.88 bits per heavy atom. The molecule has 0 saturated carbocycles. The molecule has 1 atom stereocenters. The molecule has 1 unspecified atom stereocenters. The number of halogens is 1. The molecule has 2 N–H and O–H groups in total. The topological polar surface area (TPSA) is 32.3 Å². The van der Waals surface area contributed by atoms with E-state index in [1.807, 2.05) is 13.0 Å². The van der Waals surface area contributed by atoms with Crippen molar-refractivity contribution in [3.8, 4) is 0 Å². The van der Waals surface area contributed by atoms with Crippen LogP contribution in [0.5, 0.6) is 0 Å². The van der Waals surface area contributed by atoms with Crippen molar-refractivity contribution in [3.63, 3.8) is 0 Å². The average molecular weight is 225 g/mol. The van der Waals surface area contributed by atoms with Crippen molar-refractivity contribution in [2.24, 2.45) is 0 Å². The molecule has 16 heavy (non-hydrogen) atoms. The van der Waals surface area contributed by atoms with Gasteiger partial charge in [0.05, 0.1) is 6.10 Å². The van der Waals surface area contributed by atoms with Crippen molar-refractivity contribution in [1.29, 1.82) is 0 Å². The minimum absolute atomic E-state index is 0.159. The lowest BCUT2D eigenvalue weighted by Gasteiger charge is -2.07. The van der Waals surface area contributed by atoms with Gasteiger partial charge < -0.3 is 10.4 Å². The maximum atomic E-state index is 13.3. The van der Waals surface area contributed by atoms with E-state index in [2.05, 4.69) is 5.32 Å². The number of aryl methyl sites for hydroxylation is 1. The van der Waals surface area contributed by atoms with Crippen LogP contribution < -0.4 is 5.32 Å². The summed E-state index contributed by atoms with van der Waals surface area (Å²) in [4.78, 5) is 0. The quantitative estimate of drug-likeness (QED) is 0.729. The first-order valence-corrected chi connectivity index (χ1v) is 5.73. The maximum Gasteiger partial charge on any atom is 0.127 e. The average Bonchev–Trinajstić information content (AvgIpc) is 2.22. The first-order chi connectivity index (χ1) is 7.59. The van der Waals surface area contributed by atoms with E-state index in [-0.39, 0.29) is 11.9 Å². The van der Waals surface area contributed by atoms with Crippen LogP contribution in [0.1, 0.15) is 30.9 Å². The first kappa shape index (κ1) is 13.1. The normalized spacial score (nSPS) is 12.8. The second kappa shape index (κ2) is 6.61. The summed E-state index contributed by atoms with van der Waals surface area (Å²) in [5.74, 6) is -0.159. The van der Waals surface area contributed by atoms with Crippen LogP contribution in [0.4, 0.5) is 4.39 Å². The lowest BCUT2D eigenvalue weighted by Crippen LogP contribution is -2.17. The maximum absolute atomic E-state index is 13.3. The molecule has 1 aromatic carbocycles. The monoisotopic (exact) mass is 225 g/mol. The Bertz CT molecular complexity index is 326. The molecule has 0 aliphatic carbocycles. The van der Waals surface area contributed by atoms with Gasteiger partial charge in [-0.25, -0.2) is 4.39 Å². The van der Waals surface area contributed by atoms with Gasteiger partial charge in [0.2, 0.25) is 0 Å². The fraction of sp³-hybridized carbons (Fsp3) is 0.538. The van der Waals surface area contributed by atoms with E-state index in [0.29, 0.717) is 12.1 Å². The Kier molecular flexibility index (Phi) is 5.43. The Balaban J connectivity index is 2.29. The number of benzene rings is 1. The zero-order valence-electron chi connectivity index (χ0n) is 9.96. The van der Waals surface area contributed by atoms with Gasteiger partial charge in [-0.2, -0.15) is 0 Å². The highest BCUT2D eigenvalue weighted by atomic mass is 19.1. The largest absolute Gasteiger partial charge is 0.393 e. The zero-order chi connectivity index (χ0) is 12.0. The molecule has 2 nitrogen and oxygen atoms in total. The molecule has 0 bridgehead atoms.